The van der Waals surface area contributed by atoms with Crippen LogP contribution in [-0.4, -0.2) is 19.1 Å². The lowest BCUT2D eigenvalue weighted by Gasteiger charge is -2.16. The number of hydrogen-bond donors (Lipinski definition) is 0. The van der Waals surface area contributed by atoms with Gasteiger partial charge in [-0.25, -0.2) is 9.97 Å². The molecule has 0 aliphatic heterocycles. The van der Waals surface area contributed by atoms with Crippen LogP contribution in [0.25, 0.3) is 88.9 Å². The minimum atomic E-state index is 0.627. The lowest BCUT2D eigenvalue weighted by molar-refractivity contribution is 1.15. The topological polar surface area (TPSA) is 59.4 Å². The Hall–Kier alpha value is -7.29. The smallest absolute Gasteiger partial charge is 0.160 e. The maximum Gasteiger partial charge on any atom is 0.160 e. The Bertz CT molecular complexity index is 2950. The predicted octanol–water partition coefficient (Wildman–Crippen LogP) is 11.5. The minimum absolute atomic E-state index is 0.627. The van der Waals surface area contributed by atoms with Gasteiger partial charge in [0.1, 0.15) is 0 Å². The fourth-order valence-electron chi connectivity index (χ4n) is 7.68. The van der Waals surface area contributed by atoms with Crippen LogP contribution in [0, 0.1) is 11.3 Å². The molecule has 0 aliphatic rings. The first kappa shape index (κ1) is 29.6. The second-order valence-corrected chi connectivity index (χ2v) is 12.9. The SMILES string of the molecule is N#Cc1ccc2c3c(ccc4c5ccccc5n(-c5ccccc5-c5cc(-c6ccccc6)nc(-c6ccccc6)n5)c43)n(-c3ccccc3)c2c1. The van der Waals surface area contributed by atoms with E-state index < -0.39 is 0 Å². The van der Waals surface area contributed by atoms with Crippen molar-refractivity contribution in [2.45, 2.75) is 0 Å². The third-order valence-electron chi connectivity index (χ3n) is 9.96. The number of nitrogens with zero attached hydrogens (tertiary/aromatic N) is 5. The van der Waals surface area contributed by atoms with E-state index in [9.17, 15) is 5.26 Å². The molecule has 0 saturated heterocycles. The molecule has 3 heterocycles. The highest BCUT2D eigenvalue weighted by Gasteiger charge is 2.23. The summed E-state index contributed by atoms with van der Waals surface area (Å²) in [6.45, 7) is 0. The van der Waals surface area contributed by atoms with Gasteiger partial charge in [0.15, 0.2) is 5.82 Å². The number of fused-ring (bicyclic) bond motifs is 7. The van der Waals surface area contributed by atoms with Crippen molar-refractivity contribution in [3.63, 3.8) is 0 Å². The molecule has 7 aromatic carbocycles. The van der Waals surface area contributed by atoms with Crippen LogP contribution in [0.1, 0.15) is 5.56 Å². The van der Waals surface area contributed by atoms with Crippen LogP contribution >= 0.6 is 0 Å². The number of para-hydroxylation sites is 3. The Labute approximate surface area is 299 Å². The summed E-state index contributed by atoms with van der Waals surface area (Å²) in [6.07, 6.45) is 0. The van der Waals surface area contributed by atoms with Gasteiger partial charge in [-0.3, -0.25) is 0 Å². The highest BCUT2D eigenvalue weighted by Crippen LogP contribution is 2.43. The van der Waals surface area contributed by atoms with Crippen LogP contribution in [0.3, 0.4) is 0 Å². The van der Waals surface area contributed by atoms with E-state index in [0.717, 1.165) is 77.7 Å². The summed E-state index contributed by atoms with van der Waals surface area (Å²) in [6, 6.07) is 63.0. The molecule has 0 N–H and O–H groups in total. The average Bonchev–Trinajstić information content (AvgIpc) is 3.74. The molecule has 0 atom stereocenters. The molecule has 3 aromatic heterocycles. The first-order valence-electron chi connectivity index (χ1n) is 17.3. The molecule has 0 saturated carbocycles. The van der Waals surface area contributed by atoms with Gasteiger partial charge in [0, 0.05) is 43.9 Å². The normalized spacial score (nSPS) is 11.4. The van der Waals surface area contributed by atoms with Gasteiger partial charge in [0.05, 0.1) is 50.8 Å². The molecule has 242 valence electrons. The van der Waals surface area contributed by atoms with Crippen molar-refractivity contribution in [3.8, 4) is 51.3 Å². The minimum Gasteiger partial charge on any atom is -0.309 e. The highest BCUT2D eigenvalue weighted by molar-refractivity contribution is 6.26. The third-order valence-corrected chi connectivity index (χ3v) is 9.96. The van der Waals surface area contributed by atoms with Crippen LogP contribution in [0.15, 0.2) is 176 Å². The van der Waals surface area contributed by atoms with Crippen LogP contribution in [0.5, 0.6) is 0 Å². The Morgan fingerprint density at radius 3 is 1.90 bits per heavy atom. The summed E-state index contributed by atoms with van der Waals surface area (Å²) in [4.78, 5) is 10.3. The standard InChI is InChI=1S/C47H29N5/c48-30-31-24-25-38-44(28-31)51(34-18-8-3-9-19-34)43-27-26-36-35-20-10-12-22-41(35)52(46(36)45(38)43)42-23-13-11-21-37(42)40-29-39(32-14-4-1-5-15-32)49-47(50-40)33-16-6-2-7-17-33/h1-29H. The van der Waals surface area contributed by atoms with Gasteiger partial charge in [-0.15, -0.1) is 0 Å². The van der Waals surface area contributed by atoms with Gasteiger partial charge in [-0.1, -0.05) is 127 Å². The molecule has 0 unspecified atom stereocenters. The van der Waals surface area contributed by atoms with E-state index in [1.807, 2.05) is 54.6 Å². The number of rotatable bonds is 5. The Morgan fingerprint density at radius 2 is 1.12 bits per heavy atom. The van der Waals surface area contributed by atoms with Gasteiger partial charge in [0.2, 0.25) is 0 Å². The first-order valence-corrected chi connectivity index (χ1v) is 17.3. The van der Waals surface area contributed by atoms with Crippen molar-refractivity contribution in [1.82, 2.24) is 19.1 Å². The summed E-state index contributed by atoms with van der Waals surface area (Å²) < 4.78 is 4.68. The van der Waals surface area contributed by atoms with Gasteiger partial charge in [-0.05, 0) is 48.5 Å². The molecule has 0 amide bonds. The van der Waals surface area contributed by atoms with Crippen molar-refractivity contribution in [3.05, 3.63) is 181 Å². The van der Waals surface area contributed by atoms with Crippen LogP contribution < -0.4 is 0 Å². The molecule has 10 aromatic rings. The summed E-state index contributed by atoms with van der Waals surface area (Å²) >= 11 is 0. The first-order chi connectivity index (χ1) is 25.8. The Kier molecular flexibility index (Phi) is 6.80. The van der Waals surface area contributed by atoms with E-state index in [2.05, 4.69) is 137 Å². The molecule has 0 fully saturated rings. The van der Waals surface area contributed by atoms with Gasteiger partial charge in [-0.2, -0.15) is 5.26 Å². The van der Waals surface area contributed by atoms with Crippen LogP contribution in [0.4, 0.5) is 0 Å². The molecule has 0 radical (unpaired) electrons. The van der Waals surface area contributed by atoms with Crippen LogP contribution in [0.2, 0.25) is 0 Å². The zero-order valence-electron chi connectivity index (χ0n) is 28.0. The number of benzene rings is 7. The highest BCUT2D eigenvalue weighted by atomic mass is 15.0. The number of aromatic nitrogens is 4. The van der Waals surface area contributed by atoms with Crippen LogP contribution in [-0.2, 0) is 0 Å². The predicted molar refractivity (Wildman–Crippen MR) is 212 cm³/mol. The zero-order chi connectivity index (χ0) is 34.6. The second-order valence-electron chi connectivity index (χ2n) is 12.9. The molecule has 10 rings (SSSR count). The fourth-order valence-corrected chi connectivity index (χ4v) is 7.68. The summed E-state index contributed by atoms with van der Waals surface area (Å²) in [5.41, 5.74) is 11.7. The number of nitriles is 1. The van der Waals surface area contributed by atoms with Crippen molar-refractivity contribution in [1.29, 1.82) is 5.26 Å². The van der Waals surface area contributed by atoms with Gasteiger partial charge < -0.3 is 9.13 Å². The molecular weight excluding hydrogens is 635 g/mol. The quantitative estimate of drug-likeness (QED) is 0.184. The van der Waals surface area contributed by atoms with E-state index in [4.69, 9.17) is 9.97 Å². The van der Waals surface area contributed by atoms with E-state index >= 15 is 0 Å². The average molecular weight is 664 g/mol. The Balaban J connectivity index is 1.33. The third kappa shape index (κ3) is 4.63. The largest absolute Gasteiger partial charge is 0.309 e. The second kappa shape index (κ2) is 11.9. The Morgan fingerprint density at radius 1 is 0.462 bits per heavy atom. The summed E-state index contributed by atoms with van der Waals surface area (Å²) in [5.74, 6) is 0.676. The van der Waals surface area contributed by atoms with Crippen molar-refractivity contribution in [2.24, 2.45) is 0 Å². The van der Waals surface area contributed by atoms with E-state index in [1.165, 1.54) is 5.39 Å². The maximum atomic E-state index is 9.94. The molecule has 52 heavy (non-hydrogen) atoms. The van der Waals surface area contributed by atoms with Crippen molar-refractivity contribution in [2.75, 3.05) is 0 Å². The molecule has 0 spiro atoms. The molecule has 0 bridgehead atoms. The molecular formula is C47H29N5. The monoisotopic (exact) mass is 663 g/mol. The summed E-state index contributed by atoms with van der Waals surface area (Å²) in [5, 5.41) is 14.5. The van der Waals surface area contributed by atoms with E-state index in [0.29, 0.717) is 11.4 Å². The lowest BCUT2D eigenvalue weighted by Crippen LogP contribution is -2.01. The lowest BCUT2D eigenvalue weighted by atomic mass is 10.0. The van der Waals surface area contributed by atoms with Gasteiger partial charge >= 0.3 is 0 Å². The van der Waals surface area contributed by atoms with Crippen molar-refractivity contribution >= 4 is 43.6 Å². The molecule has 5 nitrogen and oxygen atoms in total. The van der Waals surface area contributed by atoms with E-state index in [-0.39, 0.29) is 0 Å². The van der Waals surface area contributed by atoms with Crippen molar-refractivity contribution < 1.29 is 0 Å². The summed E-state index contributed by atoms with van der Waals surface area (Å²) in [7, 11) is 0. The fraction of sp³-hybridized carbons (Fsp3) is 0. The molecule has 5 heteroatoms. The maximum absolute atomic E-state index is 9.94. The molecule has 0 aliphatic carbocycles. The van der Waals surface area contributed by atoms with E-state index in [1.54, 1.807) is 0 Å². The van der Waals surface area contributed by atoms with Gasteiger partial charge in [0.25, 0.3) is 0 Å². The zero-order valence-corrected chi connectivity index (χ0v) is 28.0. The number of hydrogen-bond acceptors (Lipinski definition) is 3.